The predicted molar refractivity (Wildman–Crippen MR) is 111 cm³/mol. The average molecular weight is 420 g/mol. The molecular formula is C17H18ClN7O2S. The molecule has 0 aliphatic carbocycles. The summed E-state index contributed by atoms with van der Waals surface area (Å²) in [7, 11) is -2.15. The molecule has 0 radical (unpaired) electrons. The number of hydrazine groups is 1. The van der Waals surface area contributed by atoms with Gasteiger partial charge in [-0.3, -0.25) is 10.1 Å². The number of H-pyrrole nitrogens is 1. The number of nitrogens with two attached hydrogens (primary N) is 1. The van der Waals surface area contributed by atoms with Crippen LogP contribution < -0.4 is 11.2 Å². The Hall–Kier alpha value is -2.95. The normalized spacial score (nSPS) is 12.6. The molecule has 28 heavy (non-hydrogen) atoms. The van der Waals surface area contributed by atoms with Crippen LogP contribution in [0.25, 0.3) is 10.9 Å². The zero-order valence-corrected chi connectivity index (χ0v) is 16.4. The molecule has 0 aliphatic heterocycles. The van der Waals surface area contributed by atoms with E-state index in [1.165, 1.54) is 37.7 Å². The largest absolute Gasteiger partial charge is 0.345 e. The van der Waals surface area contributed by atoms with Gasteiger partial charge in [0, 0.05) is 23.1 Å². The van der Waals surface area contributed by atoms with Crippen LogP contribution in [0.15, 0.2) is 63.8 Å². The highest BCUT2D eigenvalue weighted by Gasteiger charge is 2.19. The van der Waals surface area contributed by atoms with Crippen molar-refractivity contribution in [2.24, 2.45) is 16.0 Å². The van der Waals surface area contributed by atoms with E-state index in [1.54, 1.807) is 6.20 Å². The molecule has 2 aromatic carbocycles. The van der Waals surface area contributed by atoms with Gasteiger partial charge in [-0.25, -0.2) is 14.3 Å². The summed E-state index contributed by atoms with van der Waals surface area (Å²) in [5.41, 5.74) is 1.70. The lowest BCUT2D eigenvalue weighted by Crippen LogP contribution is -2.37. The number of fused-ring (bicyclic) bond motifs is 1. The Morgan fingerprint density at radius 1 is 1.32 bits per heavy atom. The summed E-state index contributed by atoms with van der Waals surface area (Å²) in [4.78, 5) is 0.127. The summed E-state index contributed by atoms with van der Waals surface area (Å²) in [5.74, 6) is 5.38. The van der Waals surface area contributed by atoms with Crippen molar-refractivity contribution in [3.63, 3.8) is 0 Å². The number of hydrogen-bond donors (Lipinski definition) is 3. The van der Waals surface area contributed by atoms with Gasteiger partial charge in [0.05, 0.1) is 16.6 Å². The van der Waals surface area contributed by atoms with Crippen LogP contribution in [0.3, 0.4) is 0 Å². The van der Waals surface area contributed by atoms with E-state index in [1.807, 2.05) is 18.2 Å². The third-order valence-electron chi connectivity index (χ3n) is 3.80. The van der Waals surface area contributed by atoms with Gasteiger partial charge in [0.1, 0.15) is 12.1 Å². The van der Waals surface area contributed by atoms with Crippen molar-refractivity contribution in [1.82, 2.24) is 15.2 Å². The second-order valence-electron chi connectivity index (χ2n) is 5.90. The van der Waals surface area contributed by atoms with Gasteiger partial charge in [-0.05, 0) is 42.5 Å². The van der Waals surface area contributed by atoms with Crippen molar-refractivity contribution in [3.8, 4) is 0 Å². The Morgan fingerprint density at radius 3 is 2.79 bits per heavy atom. The van der Waals surface area contributed by atoms with E-state index in [0.717, 1.165) is 21.6 Å². The van der Waals surface area contributed by atoms with Gasteiger partial charge < -0.3 is 5.32 Å². The second kappa shape index (κ2) is 8.38. The first kappa shape index (κ1) is 19.8. The highest BCUT2D eigenvalue weighted by Crippen LogP contribution is 2.17. The maximum absolute atomic E-state index is 12.5. The number of sulfone groups is 1. The molecule has 0 fully saturated rings. The Bertz CT molecular complexity index is 1120. The number of benzene rings is 2. The van der Waals surface area contributed by atoms with Gasteiger partial charge in [-0.2, -0.15) is 5.10 Å². The van der Waals surface area contributed by atoms with E-state index in [9.17, 15) is 8.42 Å². The van der Waals surface area contributed by atoms with Crippen molar-refractivity contribution in [1.29, 1.82) is 0 Å². The number of amidine groups is 1. The molecule has 3 aromatic rings. The van der Waals surface area contributed by atoms with Crippen LogP contribution in [0.4, 0.5) is 5.69 Å². The third-order valence-corrected chi connectivity index (χ3v) is 5.68. The topological polar surface area (TPSA) is 129 Å². The maximum atomic E-state index is 12.5. The molecule has 11 heteroatoms. The summed E-state index contributed by atoms with van der Waals surface area (Å²) in [6.45, 7) is 0. The van der Waals surface area contributed by atoms with Crippen molar-refractivity contribution < 1.29 is 8.42 Å². The van der Waals surface area contributed by atoms with Crippen LogP contribution in [0, 0.1) is 0 Å². The van der Waals surface area contributed by atoms with Gasteiger partial charge in [0.2, 0.25) is 0 Å². The Balaban J connectivity index is 1.71. The molecule has 0 unspecified atom stereocenters. The summed E-state index contributed by atoms with van der Waals surface area (Å²) < 4.78 is 25.1. The Morgan fingerprint density at radius 2 is 2.07 bits per heavy atom. The van der Waals surface area contributed by atoms with E-state index in [-0.39, 0.29) is 10.7 Å². The molecular weight excluding hydrogens is 402 g/mol. The van der Waals surface area contributed by atoms with E-state index < -0.39 is 15.6 Å². The van der Waals surface area contributed by atoms with Crippen LogP contribution in [-0.4, -0.2) is 48.6 Å². The quantitative estimate of drug-likeness (QED) is 0.243. The minimum Gasteiger partial charge on any atom is -0.345 e. The smallest absolute Gasteiger partial charge is 0.185 e. The molecule has 0 atom stereocenters. The first-order chi connectivity index (χ1) is 13.3. The summed E-state index contributed by atoms with van der Waals surface area (Å²) in [5, 5.41) is 20.1. The lowest BCUT2D eigenvalue weighted by atomic mass is 10.2. The molecule has 1 aromatic heterocycles. The van der Waals surface area contributed by atoms with Crippen molar-refractivity contribution in [3.05, 3.63) is 53.7 Å². The Kier molecular flexibility index (Phi) is 5.93. The molecule has 4 N–H and O–H groups in total. The number of rotatable bonds is 6. The number of hydrogen-bond acceptors (Lipinski definition) is 6. The fraction of sp³-hybridized carbons (Fsp3) is 0.118. The lowest BCUT2D eigenvalue weighted by Gasteiger charge is -2.14. The summed E-state index contributed by atoms with van der Waals surface area (Å²) in [6.07, 6.45) is 3.05. The van der Waals surface area contributed by atoms with Crippen LogP contribution in [0.1, 0.15) is 0 Å². The molecule has 0 bridgehead atoms. The van der Waals surface area contributed by atoms with Gasteiger partial charge in [-0.15, -0.1) is 10.2 Å². The highest BCUT2D eigenvalue weighted by atomic mass is 35.5. The summed E-state index contributed by atoms with van der Waals surface area (Å²) in [6, 6.07) is 11.5. The van der Waals surface area contributed by atoms with Crippen LogP contribution in [0.5, 0.6) is 0 Å². The third kappa shape index (κ3) is 4.85. The van der Waals surface area contributed by atoms with Crippen LogP contribution >= 0.6 is 11.6 Å². The molecule has 9 nitrogen and oxygen atoms in total. The van der Waals surface area contributed by atoms with Crippen molar-refractivity contribution in [2.75, 3.05) is 18.1 Å². The first-order valence-electron chi connectivity index (χ1n) is 8.10. The number of aromatic amines is 1. The minimum atomic E-state index is -3.64. The molecule has 0 spiro atoms. The first-order valence-corrected chi connectivity index (χ1v) is 10.1. The number of anilines is 1. The van der Waals surface area contributed by atoms with Gasteiger partial charge >= 0.3 is 0 Å². The zero-order chi connectivity index (χ0) is 20.1. The molecule has 0 saturated heterocycles. The van der Waals surface area contributed by atoms with E-state index in [0.29, 0.717) is 5.02 Å². The number of nitrogens with one attached hydrogen (secondary N) is 2. The maximum Gasteiger partial charge on any atom is 0.185 e. The van der Waals surface area contributed by atoms with Gasteiger partial charge in [0.15, 0.2) is 15.7 Å². The van der Waals surface area contributed by atoms with E-state index in [4.69, 9.17) is 17.4 Å². The number of halogens is 1. The fourth-order valence-electron chi connectivity index (χ4n) is 2.33. The van der Waals surface area contributed by atoms with Crippen molar-refractivity contribution in [2.45, 2.75) is 4.90 Å². The minimum absolute atomic E-state index is 0.0817. The average Bonchev–Trinajstić information content (AvgIpc) is 3.12. The van der Waals surface area contributed by atoms with Gasteiger partial charge in [0.25, 0.3) is 0 Å². The monoisotopic (exact) mass is 419 g/mol. The van der Waals surface area contributed by atoms with Gasteiger partial charge in [-0.1, -0.05) is 11.6 Å². The number of nitrogens with zero attached hydrogens (tertiary/aromatic N) is 4. The SMILES string of the molecule is CN(N)/C(CS(=O)(=O)c1ccc(Cl)cc1)=N\N=C\Nc1ccc2[nH]ncc2c1. The number of aromatic nitrogens is 2. The molecule has 0 saturated carbocycles. The molecule has 0 amide bonds. The van der Waals surface area contributed by atoms with Crippen LogP contribution in [0.2, 0.25) is 5.02 Å². The molecule has 3 rings (SSSR count). The standard InChI is InChI=1S/C17H18ClN7O2S/c1-25(19)17(10-28(26,27)15-5-2-13(18)3-6-15)24-22-11-20-14-4-7-16-12(8-14)9-21-23-16/h2-9,11H,10,19H2,1H3,(H,20,22)(H,21,23)/b24-17-. The van der Waals surface area contributed by atoms with Crippen molar-refractivity contribution >= 4 is 50.2 Å². The van der Waals surface area contributed by atoms with E-state index in [2.05, 4.69) is 25.7 Å². The molecule has 0 aliphatic rings. The zero-order valence-electron chi connectivity index (χ0n) is 14.9. The highest BCUT2D eigenvalue weighted by molar-refractivity contribution is 7.92. The fourth-order valence-corrected chi connectivity index (χ4v) is 3.77. The lowest BCUT2D eigenvalue weighted by molar-refractivity contribution is 0.530. The molecule has 1 heterocycles. The Labute approximate surface area is 166 Å². The molecule has 146 valence electrons. The van der Waals surface area contributed by atoms with E-state index >= 15 is 0 Å². The van der Waals surface area contributed by atoms with Crippen LogP contribution in [-0.2, 0) is 9.84 Å². The predicted octanol–water partition coefficient (Wildman–Crippen LogP) is 2.25. The second-order valence-corrected chi connectivity index (χ2v) is 8.33. The summed E-state index contributed by atoms with van der Waals surface area (Å²) >= 11 is 5.80.